The third-order valence-corrected chi connectivity index (χ3v) is 5.14. The van der Waals surface area contributed by atoms with Gasteiger partial charge in [-0.2, -0.15) is 10.2 Å². The number of hydrogen-bond donors (Lipinski definition) is 1. The maximum atomic E-state index is 5.95. The van der Waals surface area contributed by atoms with E-state index < -0.39 is 0 Å². The van der Waals surface area contributed by atoms with Gasteiger partial charge in [0.2, 0.25) is 0 Å². The van der Waals surface area contributed by atoms with Crippen molar-refractivity contribution >= 4 is 11.6 Å². The fraction of sp³-hybridized carbons (Fsp3) is 0.400. The molecule has 0 radical (unpaired) electrons. The van der Waals surface area contributed by atoms with Gasteiger partial charge in [-0.25, -0.2) is 0 Å². The number of nitrogens with one attached hydrogen (secondary N) is 1. The van der Waals surface area contributed by atoms with Crippen molar-refractivity contribution in [2.24, 2.45) is 7.05 Å². The molecule has 0 amide bonds. The lowest BCUT2D eigenvalue weighted by Gasteiger charge is -2.31. The lowest BCUT2D eigenvalue weighted by Crippen LogP contribution is -2.38. The van der Waals surface area contributed by atoms with E-state index in [-0.39, 0.29) is 6.10 Å². The fourth-order valence-electron chi connectivity index (χ4n) is 3.29. The number of nitrogens with zero attached hydrogens (tertiary/aromatic N) is 4. The predicted octanol–water partition coefficient (Wildman–Crippen LogP) is 2.99. The Kier molecular flexibility index (Phi) is 5.95. The van der Waals surface area contributed by atoms with Crippen molar-refractivity contribution in [1.82, 2.24) is 24.9 Å². The zero-order valence-corrected chi connectivity index (χ0v) is 16.6. The Bertz CT molecular complexity index is 892. The molecule has 0 aliphatic carbocycles. The summed E-state index contributed by atoms with van der Waals surface area (Å²) in [7, 11) is 1.97. The van der Waals surface area contributed by atoms with Gasteiger partial charge in [-0.15, -0.1) is 0 Å². The number of benzene rings is 1. The summed E-state index contributed by atoms with van der Waals surface area (Å²) in [5, 5.41) is 12.5. The van der Waals surface area contributed by atoms with Crippen LogP contribution in [0.5, 0.6) is 5.75 Å². The Morgan fingerprint density at radius 1 is 1.29 bits per heavy atom. The number of rotatable bonds is 7. The summed E-state index contributed by atoms with van der Waals surface area (Å²) in [6.45, 7) is 3.86. The monoisotopic (exact) mass is 401 g/mol. The van der Waals surface area contributed by atoms with E-state index in [1.807, 2.05) is 42.2 Å². The van der Waals surface area contributed by atoms with Crippen molar-refractivity contribution in [2.75, 3.05) is 26.3 Å². The molecule has 148 valence electrons. The van der Waals surface area contributed by atoms with E-state index in [2.05, 4.69) is 32.3 Å². The fourth-order valence-corrected chi connectivity index (χ4v) is 3.42. The van der Waals surface area contributed by atoms with E-state index in [0.29, 0.717) is 18.2 Å². The van der Waals surface area contributed by atoms with Crippen LogP contribution in [0.2, 0.25) is 5.02 Å². The summed E-state index contributed by atoms with van der Waals surface area (Å²) in [6.07, 6.45) is 2.56. The van der Waals surface area contributed by atoms with Crippen LogP contribution in [0.3, 0.4) is 0 Å². The van der Waals surface area contributed by atoms with E-state index in [1.54, 1.807) is 0 Å². The molecule has 4 rings (SSSR count). The Morgan fingerprint density at radius 3 is 2.93 bits per heavy atom. The molecule has 1 aromatic carbocycles. The third kappa shape index (κ3) is 4.73. The zero-order chi connectivity index (χ0) is 19.3. The number of aromatic amines is 1. The molecule has 0 saturated carbocycles. The molecule has 1 aliphatic rings. The molecule has 8 heteroatoms. The van der Waals surface area contributed by atoms with Crippen LogP contribution in [0.15, 0.2) is 42.6 Å². The number of morpholine rings is 1. The van der Waals surface area contributed by atoms with Gasteiger partial charge in [0.25, 0.3) is 0 Å². The van der Waals surface area contributed by atoms with Gasteiger partial charge in [-0.05, 0) is 36.4 Å². The van der Waals surface area contributed by atoms with Crippen LogP contribution in [-0.2, 0) is 24.8 Å². The molecule has 28 heavy (non-hydrogen) atoms. The lowest BCUT2D eigenvalue weighted by atomic mass is 10.2. The molecule has 1 atom stereocenters. The summed E-state index contributed by atoms with van der Waals surface area (Å²) in [4.78, 5) is 2.38. The van der Waals surface area contributed by atoms with Gasteiger partial charge in [-0.1, -0.05) is 11.6 Å². The molecular weight excluding hydrogens is 378 g/mol. The number of aromatic nitrogens is 4. The van der Waals surface area contributed by atoms with Crippen LogP contribution < -0.4 is 4.74 Å². The topological polar surface area (TPSA) is 68.2 Å². The van der Waals surface area contributed by atoms with E-state index in [4.69, 9.17) is 21.1 Å². The van der Waals surface area contributed by atoms with Gasteiger partial charge in [-0.3, -0.25) is 14.7 Å². The van der Waals surface area contributed by atoms with Crippen LogP contribution in [-0.4, -0.2) is 51.2 Å². The average molecular weight is 402 g/mol. The lowest BCUT2D eigenvalue weighted by molar-refractivity contribution is -0.0356. The number of hydrogen-bond acceptors (Lipinski definition) is 5. The normalized spacial score (nSPS) is 17.7. The average Bonchev–Trinajstić information content (AvgIpc) is 3.33. The largest absolute Gasteiger partial charge is 0.493 e. The van der Waals surface area contributed by atoms with Gasteiger partial charge in [0, 0.05) is 50.0 Å². The molecule has 1 N–H and O–H groups in total. The molecule has 0 bridgehead atoms. The molecular formula is C20H24ClN5O2. The Balaban J connectivity index is 1.29. The van der Waals surface area contributed by atoms with Crippen molar-refractivity contribution in [1.29, 1.82) is 0 Å². The predicted molar refractivity (Wildman–Crippen MR) is 106 cm³/mol. The highest BCUT2D eigenvalue weighted by Gasteiger charge is 2.24. The Hall–Kier alpha value is -2.35. The Morgan fingerprint density at radius 2 is 2.14 bits per heavy atom. The first-order valence-corrected chi connectivity index (χ1v) is 9.78. The number of aryl methyl sites for hydroxylation is 1. The number of H-pyrrole nitrogens is 1. The quantitative estimate of drug-likeness (QED) is 0.659. The zero-order valence-electron chi connectivity index (χ0n) is 15.8. The minimum absolute atomic E-state index is 0.0239. The number of halogens is 1. The summed E-state index contributed by atoms with van der Waals surface area (Å²) in [5.74, 6) is 0.811. The highest BCUT2D eigenvalue weighted by Crippen LogP contribution is 2.22. The summed E-state index contributed by atoms with van der Waals surface area (Å²) < 4.78 is 13.6. The molecule has 1 saturated heterocycles. The van der Waals surface area contributed by atoms with Gasteiger partial charge in [0.1, 0.15) is 11.9 Å². The van der Waals surface area contributed by atoms with Crippen molar-refractivity contribution in [3.8, 4) is 5.75 Å². The molecule has 0 spiro atoms. The second-order valence-corrected chi connectivity index (χ2v) is 7.35. The first-order chi connectivity index (χ1) is 13.7. The third-order valence-electron chi connectivity index (χ3n) is 4.89. The van der Waals surface area contributed by atoms with E-state index in [9.17, 15) is 0 Å². The van der Waals surface area contributed by atoms with E-state index in [0.717, 1.165) is 43.2 Å². The first kappa shape index (κ1) is 19.0. The van der Waals surface area contributed by atoms with Crippen LogP contribution in [0.4, 0.5) is 0 Å². The van der Waals surface area contributed by atoms with E-state index in [1.165, 1.54) is 5.69 Å². The van der Waals surface area contributed by atoms with Gasteiger partial charge >= 0.3 is 0 Å². The maximum Gasteiger partial charge on any atom is 0.119 e. The smallest absolute Gasteiger partial charge is 0.119 e. The standard InChI is InChI=1S/C20H24ClN5O2/c1-25-17(6-8-22-25)13-26-9-11-28-20(14-26)19-12-16(23-24-19)7-10-27-18-4-2-15(21)3-5-18/h2-6,8,12,20H,7,9-11,13-14H2,1H3,(H,23,24)/t20-/m1/s1. The van der Waals surface area contributed by atoms with Crippen molar-refractivity contribution < 1.29 is 9.47 Å². The van der Waals surface area contributed by atoms with Gasteiger partial charge in [0.15, 0.2) is 0 Å². The SMILES string of the molecule is Cn1nccc1CN1CCO[C@@H](c2cc(CCOc3ccc(Cl)cc3)[nH]n2)C1. The van der Waals surface area contributed by atoms with Gasteiger partial charge < -0.3 is 9.47 Å². The minimum Gasteiger partial charge on any atom is -0.493 e. The number of ether oxygens (including phenoxy) is 2. The molecule has 3 aromatic rings. The Labute approximate surface area is 169 Å². The molecule has 7 nitrogen and oxygen atoms in total. The van der Waals surface area contributed by atoms with E-state index >= 15 is 0 Å². The van der Waals surface area contributed by atoms with Crippen molar-refractivity contribution in [3.63, 3.8) is 0 Å². The second-order valence-electron chi connectivity index (χ2n) is 6.91. The second kappa shape index (κ2) is 8.77. The summed E-state index contributed by atoms with van der Waals surface area (Å²) >= 11 is 5.89. The van der Waals surface area contributed by atoms with Crippen molar-refractivity contribution in [2.45, 2.75) is 19.1 Å². The van der Waals surface area contributed by atoms with Crippen molar-refractivity contribution in [3.05, 3.63) is 64.7 Å². The highest BCUT2D eigenvalue weighted by atomic mass is 35.5. The van der Waals surface area contributed by atoms with Crippen LogP contribution in [0, 0.1) is 0 Å². The van der Waals surface area contributed by atoms with Crippen LogP contribution in [0.1, 0.15) is 23.2 Å². The van der Waals surface area contributed by atoms with Crippen LogP contribution in [0.25, 0.3) is 0 Å². The molecule has 2 aromatic heterocycles. The maximum absolute atomic E-state index is 5.95. The van der Waals surface area contributed by atoms with Gasteiger partial charge in [0.05, 0.1) is 24.6 Å². The first-order valence-electron chi connectivity index (χ1n) is 9.41. The van der Waals surface area contributed by atoms with Crippen LogP contribution >= 0.6 is 11.6 Å². The highest BCUT2D eigenvalue weighted by molar-refractivity contribution is 6.30. The molecule has 1 aliphatic heterocycles. The molecule has 3 heterocycles. The summed E-state index contributed by atoms with van der Waals surface area (Å²) in [5.41, 5.74) is 3.18. The summed E-state index contributed by atoms with van der Waals surface area (Å²) in [6, 6.07) is 11.5. The molecule has 0 unspecified atom stereocenters. The minimum atomic E-state index is -0.0239. The molecule has 1 fully saturated rings.